The van der Waals surface area contributed by atoms with E-state index in [0.29, 0.717) is 12.0 Å². The van der Waals surface area contributed by atoms with Crippen molar-refractivity contribution in [3.05, 3.63) is 65.5 Å². The Bertz CT molecular complexity index is 595. The highest BCUT2D eigenvalue weighted by atomic mass is 19.1. The van der Waals surface area contributed by atoms with Gasteiger partial charge in [0, 0.05) is 11.5 Å². The van der Waals surface area contributed by atoms with Crippen molar-refractivity contribution < 1.29 is 9.13 Å². The van der Waals surface area contributed by atoms with E-state index in [1.165, 1.54) is 7.11 Å². The van der Waals surface area contributed by atoms with E-state index in [1.54, 1.807) is 18.2 Å². The maximum atomic E-state index is 14.2. The number of nitrogens with two attached hydrogens (primary N) is 1. The lowest BCUT2D eigenvalue weighted by molar-refractivity contribution is 0.375. The van der Waals surface area contributed by atoms with Gasteiger partial charge in [-0.3, -0.25) is 0 Å². The Labute approximate surface area is 125 Å². The summed E-state index contributed by atoms with van der Waals surface area (Å²) in [7, 11) is 1.47. The largest absolute Gasteiger partial charge is 0.494 e. The van der Waals surface area contributed by atoms with E-state index in [4.69, 9.17) is 10.5 Å². The lowest BCUT2D eigenvalue weighted by Gasteiger charge is -2.32. The van der Waals surface area contributed by atoms with Crippen LogP contribution in [0.4, 0.5) is 4.39 Å². The van der Waals surface area contributed by atoms with Crippen LogP contribution in [0.1, 0.15) is 25.0 Å². The summed E-state index contributed by atoms with van der Waals surface area (Å²) in [5.41, 5.74) is 7.87. The monoisotopic (exact) mass is 287 g/mol. The van der Waals surface area contributed by atoms with E-state index in [1.807, 2.05) is 18.2 Å². The zero-order valence-corrected chi connectivity index (χ0v) is 12.8. The first-order valence-corrected chi connectivity index (χ1v) is 7.09. The summed E-state index contributed by atoms with van der Waals surface area (Å²) >= 11 is 0. The lowest BCUT2D eigenvalue weighted by Crippen LogP contribution is -2.42. The first-order valence-electron chi connectivity index (χ1n) is 7.09. The number of halogens is 1. The van der Waals surface area contributed by atoms with Crippen LogP contribution in [0.5, 0.6) is 5.75 Å². The van der Waals surface area contributed by atoms with Gasteiger partial charge < -0.3 is 10.5 Å². The third kappa shape index (κ3) is 3.24. The Morgan fingerprint density at radius 3 is 2.38 bits per heavy atom. The van der Waals surface area contributed by atoms with Crippen LogP contribution in [-0.2, 0) is 11.8 Å². The van der Waals surface area contributed by atoms with Gasteiger partial charge in [0.05, 0.1) is 7.11 Å². The number of methoxy groups -OCH3 is 1. The minimum absolute atomic E-state index is 0.193. The highest BCUT2D eigenvalue weighted by molar-refractivity contribution is 5.33. The molecule has 0 fully saturated rings. The van der Waals surface area contributed by atoms with Crippen LogP contribution in [0.2, 0.25) is 0 Å². The highest BCUT2D eigenvalue weighted by Gasteiger charge is 2.29. The molecule has 2 rings (SSSR count). The topological polar surface area (TPSA) is 35.2 Å². The van der Waals surface area contributed by atoms with E-state index in [9.17, 15) is 4.39 Å². The minimum atomic E-state index is -0.320. The average molecular weight is 287 g/mol. The summed E-state index contributed by atoms with van der Waals surface area (Å²) in [6, 6.07) is 15.1. The normalized spacial score (nSPS) is 13.0. The number of hydrogen-bond donors (Lipinski definition) is 1. The molecule has 0 saturated heterocycles. The van der Waals surface area contributed by atoms with Gasteiger partial charge in [-0.05, 0) is 23.6 Å². The van der Waals surface area contributed by atoms with E-state index in [0.717, 1.165) is 5.56 Å². The molecule has 2 aromatic rings. The van der Waals surface area contributed by atoms with Crippen molar-refractivity contribution in [2.45, 2.75) is 31.7 Å². The zero-order chi connectivity index (χ0) is 15.5. The van der Waals surface area contributed by atoms with Crippen LogP contribution < -0.4 is 10.5 Å². The van der Waals surface area contributed by atoms with Gasteiger partial charge in [0.15, 0.2) is 11.6 Å². The Morgan fingerprint density at radius 2 is 1.76 bits per heavy atom. The first kappa shape index (κ1) is 15.5. The summed E-state index contributed by atoms with van der Waals surface area (Å²) in [6.07, 6.45) is 0.463. The van der Waals surface area contributed by atoms with Gasteiger partial charge in [0.25, 0.3) is 0 Å². The molecule has 0 heterocycles. The van der Waals surface area contributed by atoms with Crippen molar-refractivity contribution in [3.8, 4) is 5.75 Å². The van der Waals surface area contributed by atoms with Gasteiger partial charge >= 0.3 is 0 Å². The standard InChI is InChI=1S/C18H22FNO/c1-18(2,14-9-5-4-6-10-14)16(20)12-13-8-7-11-15(21-3)17(13)19/h4-11,16H,12,20H2,1-3H3. The predicted molar refractivity (Wildman–Crippen MR) is 84.1 cm³/mol. The second-order valence-electron chi connectivity index (χ2n) is 5.83. The molecule has 0 aliphatic carbocycles. The summed E-state index contributed by atoms with van der Waals surface area (Å²) < 4.78 is 19.3. The second kappa shape index (κ2) is 6.27. The molecule has 112 valence electrons. The van der Waals surface area contributed by atoms with Crippen LogP contribution >= 0.6 is 0 Å². The molecule has 0 aromatic heterocycles. The number of ether oxygens (including phenoxy) is 1. The van der Waals surface area contributed by atoms with Crippen LogP contribution in [0.25, 0.3) is 0 Å². The van der Waals surface area contributed by atoms with Gasteiger partial charge in [0.2, 0.25) is 0 Å². The summed E-state index contributed by atoms with van der Waals surface area (Å²) in [5.74, 6) is -0.0588. The SMILES string of the molecule is COc1cccc(CC(N)C(C)(C)c2ccccc2)c1F. The molecule has 0 amide bonds. The Balaban J connectivity index is 2.24. The molecular formula is C18H22FNO. The maximum Gasteiger partial charge on any atom is 0.168 e. The van der Waals surface area contributed by atoms with Crippen molar-refractivity contribution in [1.29, 1.82) is 0 Å². The molecule has 21 heavy (non-hydrogen) atoms. The van der Waals surface area contributed by atoms with E-state index in [2.05, 4.69) is 26.0 Å². The summed E-state index contributed by atoms with van der Waals surface area (Å²) in [6.45, 7) is 4.18. The quantitative estimate of drug-likeness (QED) is 0.910. The molecule has 1 unspecified atom stereocenters. The lowest BCUT2D eigenvalue weighted by atomic mass is 9.76. The zero-order valence-electron chi connectivity index (χ0n) is 12.8. The maximum absolute atomic E-state index is 14.2. The minimum Gasteiger partial charge on any atom is -0.494 e. The Morgan fingerprint density at radius 1 is 1.10 bits per heavy atom. The molecule has 0 saturated carbocycles. The van der Waals surface area contributed by atoms with Crippen molar-refractivity contribution in [1.82, 2.24) is 0 Å². The molecule has 0 spiro atoms. The van der Waals surface area contributed by atoms with Gasteiger partial charge in [-0.15, -0.1) is 0 Å². The molecule has 0 radical (unpaired) electrons. The molecule has 2 nitrogen and oxygen atoms in total. The van der Waals surface area contributed by atoms with Gasteiger partial charge in [0.1, 0.15) is 0 Å². The van der Waals surface area contributed by atoms with Crippen LogP contribution in [-0.4, -0.2) is 13.2 Å². The fourth-order valence-electron chi connectivity index (χ4n) is 2.45. The van der Waals surface area contributed by atoms with Gasteiger partial charge in [-0.1, -0.05) is 56.3 Å². The predicted octanol–water partition coefficient (Wildman–Crippen LogP) is 3.68. The smallest absolute Gasteiger partial charge is 0.168 e. The van der Waals surface area contributed by atoms with Gasteiger partial charge in [-0.25, -0.2) is 4.39 Å². The van der Waals surface area contributed by atoms with Crippen LogP contribution in [0.15, 0.2) is 48.5 Å². The highest BCUT2D eigenvalue weighted by Crippen LogP contribution is 2.29. The Hall–Kier alpha value is -1.87. The fraction of sp³-hybridized carbons (Fsp3) is 0.333. The third-order valence-corrected chi connectivity index (χ3v) is 4.15. The van der Waals surface area contributed by atoms with Crippen molar-refractivity contribution >= 4 is 0 Å². The molecule has 0 bridgehead atoms. The van der Waals surface area contributed by atoms with Crippen molar-refractivity contribution in [2.75, 3.05) is 7.11 Å². The number of hydrogen-bond acceptors (Lipinski definition) is 2. The molecule has 2 N–H and O–H groups in total. The molecule has 3 heteroatoms. The molecule has 0 aliphatic heterocycles. The Kier molecular flexibility index (Phi) is 4.63. The molecular weight excluding hydrogens is 265 g/mol. The van der Waals surface area contributed by atoms with Crippen LogP contribution in [0.3, 0.4) is 0 Å². The van der Waals surface area contributed by atoms with E-state index in [-0.39, 0.29) is 23.0 Å². The fourth-order valence-corrected chi connectivity index (χ4v) is 2.45. The number of benzene rings is 2. The second-order valence-corrected chi connectivity index (χ2v) is 5.83. The molecule has 0 aliphatic rings. The van der Waals surface area contributed by atoms with Crippen molar-refractivity contribution in [3.63, 3.8) is 0 Å². The summed E-state index contributed by atoms with van der Waals surface area (Å²) in [4.78, 5) is 0. The number of rotatable bonds is 5. The van der Waals surface area contributed by atoms with Gasteiger partial charge in [-0.2, -0.15) is 0 Å². The van der Waals surface area contributed by atoms with E-state index < -0.39 is 0 Å². The first-order chi connectivity index (χ1) is 9.96. The van der Waals surface area contributed by atoms with E-state index >= 15 is 0 Å². The van der Waals surface area contributed by atoms with Crippen molar-refractivity contribution in [2.24, 2.45) is 5.73 Å². The molecule has 2 aromatic carbocycles. The summed E-state index contributed by atoms with van der Waals surface area (Å²) in [5, 5.41) is 0. The average Bonchev–Trinajstić information content (AvgIpc) is 2.50. The van der Waals surface area contributed by atoms with Crippen LogP contribution in [0, 0.1) is 5.82 Å². The third-order valence-electron chi connectivity index (χ3n) is 4.15. The molecule has 1 atom stereocenters.